The summed E-state index contributed by atoms with van der Waals surface area (Å²) in [5, 5.41) is 0. The fourth-order valence-corrected chi connectivity index (χ4v) is 10.4. The highest BCUT2D eigenvalue weighted by Gasteiger charge is 2.53. The van der Waals surface area contributed by atoms with E-state index in [-0.39, 0.29) is 5.41 Å². The molecule has 0 saturated heterocycles. The molecule has 0 saturated carbocycles. The van der Waals surface area contributed by atoms with E-state index < -0.39 is 5.41 Å². The van der Waals surface area contributed by atoms with E-state index in [2.05, 4.69) is 231 Å². The van der Waals surface area contributed by atoms with E-state index in [1.807, 2.05) is 0 Å². The predicted molar refractivity (Wildman–Crippen MR) is 248 cm³/mol. The molecule has 0 bridgehead atoms. The highest BCUT2D eigenvalue weighted by atomic mass is 15.1. The quantitative estimate of drug-likeness (QED) is 0.163. The van der Waals surface area contributed by atoms with Crippen LogP contribution in [0.1, 0.15) is 65.6 Å². The van der Waals surface area contributed by atoms with Gasteiger partial charge in [-0.15, -0.1) is 0 Å². The van der Waals surface area contributed by atoms with Crippen LogP contribution in [0.15, 0.2) is 212 Å². The number of hydrogen-bond acceptors (Lipinski definition) is 1. The number of para-hydroxylation sites is 1. The third kappa shape index (κ3) is 5.45. The molecule has 0 amide bonds. The highest BCUT2D eigenvalue weighted by Crippen LogP contribution is 2.62. The number of anilines is 3. The van der Waals surface area contributed by atoms with Crippen molar-refractivity contribution in [2.75, 3.05) is 4.90 Å². The Labute approximate surface area is 348 Å². The first-order chi connectivity index (χ1) is 29.0. The summed E-state index contributed by atoms with van der Waals surface area (Å²) in [5.74, 6) is 0. The van der Waals surface area contributed by atoms with Gasteiger partial charge in [0.15, 0.2) is 0 Å². The Kier molecular flexibility index (Phi) is 8.27. The molecular weight excluding hydrogens is 711 g/mol. The Bertz CT molecular complexity index is 2890. The molecular formula is C58H45N. The summed E-state index contributed by atoms with van der Waals surface area (Å²) in [6, 6.07) is 72.4. The van der Waals surface area contributed by atoms with Gasteiger partial charge in [-0.25, -0.2) is 0 Å². The summed E-state index contributed by atoms with van der Waals surface area (Å²) in [5.41, 5.74) is 21.2. The van der Waals surface area contributed by atoms with Crippen molar-refractivity contribution in [3.63, 3.8) is 0 Å². The summed E-state index contributed by atoms with van der Waals surface area (Å²) < 4.78 is 0. The number of fused-ring (bicyclic) bond motifs is 9. The summed E-state index contributed by atoms with van der Waals surface area (Å²) in [7, 11) is 0. The fourth-order valence-electron chi connectivity index (χ4n) is 10.4. The molecule has 11 rings (SSSR count). The van der Waals surface area contributed by atoms with Gasteiger partial charge in [0, 0.05) is 22.4 Å². The minimum Gasteiger partial charge on any atom is -0.310 e. The van der Waals surface area contributed by atoms with E-state index in [0.717, 1.165) is 24.2 Å². The second-order valence-electron chi connectivity index (χ2n) is 16.7. The molecule has 282 valence electrons. The molecule has 0 aromatic heterocycles. The number of hydrogen-bond donors (Lipinski definition) is 0. The maximum atomic E-state index is 2.49. The standard InChI is InChI=1S/C58H45N/c1-57(2)51-24-12-14-26-53(51)58(54-27-15-13-25-52(54)57)50-23-11-9-22-48(50)49-38-33-44(39-55(49)58)42-31-36-46(37-32-42)59(45-34-29-41(30-35-45)40-17-5-3-6-18-40)56-28-16-10-21-47(56)43-19-7-4-8-20-43/h3,5-7,9-39H,4,8H2,1-2H3. The zero-order valence-electron chi connectivity index (χ0n) is 33.6. The second kappa shape index (κ2) is 13.9. The molecule has 8 aromatic carbocycles. The summed E-state index contributed by atoms with van der Waals surface area (Å²) >= 11 is 0. The van der Waals surface area contributed by atoms with Crippen molar-refractivity contribution in [2.45, 2.75) is 37.5 Å². The van der Waals surface area contributed by atoms with Crippen LogP contribution in [0.5, 0.6) is 0 Å². The van der Waals surface area contributed by atoms with Gasteiger partial charge >= 0.3 is 0 Å². The lowest BCUT2D eigenvalue weighted by molar-refractivity contribution is 0.563. The van der Waals surface area contributed by atoms with Crippen LogP contribution < -0.4 is 4.90 Å². The number of rotatable bonds is 6. The van der Waals surface area contributed by atoms with Crippen LogP contribution in [-0.4, -0.2) is 0 Å². The summed E-state index contributed by atoms with van der Waals surface area (Å²) in [6.07, 6.45) is 9.10. The maximum Gasteiger partial charge on any atom is 0.0719 e. The summed E-state index contributed by atoms with van der Waals surface area (Å²) in [4.78, 5) is 2.42. The van der Waals surface area contributed by atoms with Crippen molar-refractivity contribution < 1.29 is 0 Å². The molecule has 0 fully saturated rings. The van der Waals surface area contributed by atoms with Gasteiger partial charge in [0.1, 0.15) is 0 Å². The Hall–Kier alpha value is -6.96. The minimum atomic E-state index is -0.417. The molecule has 3 aliphatic rings. The lowest BCUT2D eigenvalue weighted by Crippen LogP contribution is -2.40. The number of nitrogens with zero attached hydrogens (tertiary/aromatic N) is 1. The van der Waals surface area contributed by atoms with E-state index in [1.54, 1.807) is 0 Å². The van der Waals surface area contributed by atoms with Gasteiger partial charge in [0.2, 0.25) is 0 Å². The van der Waals surface area contributed by atoms with Crippen molar-refractivity contribution in [3.05, 3.63) is 251 Å². The van der Waals surface area contributed by atoms with E-state index in [1.165, 1.54) is 83.6 Å². The Balaban J connectivity index is 1.05. The molecule has 8 aromatic rings. The number of benzene rings is 8. The maximum absolute atomic E-state index is 2.49. The average molecular weight is 756 g/mol. The average Bonchev–Trinajstić information content (AvgIpc) is 3.60. The molecule has 3 aliphatic carbocycles. The molecule has 1 spiro atoms. The molecule has 59 heavy (non-hydrogen) atoms. The van der Waals surface area contributed by atoms with E-state index in [9.17, 15) is 0 Å². The monoisotopic (exact) mass is 755 g/mol. The van der Waals surface area contributed by atoms with Crippen molar-refractivity contribution >= 4 is 22.6 Å². The molecule has 0 aliphatic heterocycles. The Morgan fingerprint density at radius 3 is 1.51 bits per heavy atom. The van der Waals surface area contributed by atoms with Gasteiger partial charge < -0.3 is 4.90 Å². The van der Waals surface area contributed by atoms with Crippen LogP contribution >= 0.6 is 0 Å². The molecule has 0 N–H and O–H groups in total. The van der Waals surface area contributed by atoms with Crippen LogP contribution in [0.2, 0.25) is 0 Å². The smallest absolute Gasteiger partial charge is 0.0719 e. The lowest BCUT2D eigenvalue weighted by Gasteiger charge is -2.46. The van der Waals surface area contributed by atoms with Crippen LogP contribution in [-0.2, 0) is 10.8 Å². The Morgan fingerprint density at radius 1 is 0.390 bits per heavy atom. The first-order valence-electron chi connectivity index (χ1n) is 21.0. The molecule has 0 heterocycles. The van der Waals surface area contributed by atoms with Crippen LogP contribution in [0.4, 0.5) is 17.1 Å². The summed E-state index contributed by atoms with van der Waals surface area (Å²) in [6.45, 7) is 4.78. The largest absolute Gasteiger partial charge is 0.310 e. The topological polar surface area (TPSA) is 3.24 Å². The predicted octanol–water partition coefficient (Wildman–Crippen LogP) is 15.2. The van der Waals surface area contributed by atoms with Gasteiger partial charge in [-0.1, -0.05) is 190 Å². The third-order valence-electron chi connectivity index (χ3n) is 13.2. The zero-order chi connectivity index (χ0) is 39.6. The first-order valence-corrected chi connectivity index (χ1v) is 21.0. The number of allylic oxidation sites excluding steroid dienone is 4. The van der Waals surface area contributed by atoms with Crippen LogP contribution in [0.3, 0.4) is 0 Å². The minimum absolute atomic E-state index is 0.125. The van der Waals surface area contributed by atoms with Gasteiger partial charge in [0.25, 0.3) is 0 Å². The van der Waals surface area contributed by atoms with Crippen molar-refractivity contribution in [1.29, 1.82) is 0 Å². The van der Waals surface area contributed by atoms with E-state index in [4.69, 9.17) is 0 Å². The van der Waals surface area contributed by atoms with E-state index in [0.29, 0.717) is 0 Å². The normalized spacial score (nSPS) is 15.1. The Morgan fingerprint density at radius 2 is 0.881 bits per heavy atom. The second-order valence-corrected chi connectivity index (χ2v) is 16.7. The third-order valence-corrected chi connectivity index (χ3v) is 13.2. The van der Waals surface area contributed by atoms with Gasteiger partial charge in [-0.3, -0.25) is 0 Å². The van der Waals surface area contributed by atoms with Crippen LogP contribution in [0, 0.1) is 0 Å². The highest BCUT2D eigenvalue weighted by molar-refractivity contribution is 5.92. The molecule has 0 unspecified atom stereocenters. The van der Waals surface area contributed by atoms with Gasteiger partial charge in [0.05, 0.1) is 11.1 Å². The SMILES string of the molecule is CC1(C)c2ccccc2C2(c3ccccc3-c3ccc(-c4ccc(N(c5ccc(-c6ccccc6)cc5)c5ccccc5C5=CCCC=C5)cc4)cc32)c2ccccc21. The van der Waals surface area contributed by atoms with E-state index >= 15 is 0 Å². The molecule has 1 nitrogen and oxygen atoms in total. The van der Waals surface area contributed by atoms with Crippen molar-refractivity contribution in [3.8, 4) is 33.4 Å². The van der Waals surface area contributed by atoms with Crippen LogP contribution in [0.25, 0.3) is 39.0 Å². The fraction of sp³-hybridized carbons (Fsp3) is 0.103. The van der Waals surface area contributed by atoms with Crippen molar-refractivity contribution in [2.24, 2.45) is 0 Å². The van der Waals surface area contributed by atoms with Gasteiger partial charge in [-0.2, -0.15) is 0 Å². The molecule has 1 heteroatoms. The first kappa shape index (κ1) is 35.2. The zero-order valence-corrected chi connectivity index (χ0v) is 33.6. The molecule has 0 atom stereocenters. The lowest BCUT2D eigenvalue weighted by atomic mass is 9.55. The van der Waals surface area contributed by atoms with Crippen molar-refractivity contribution in [1.82, 2.24) is 0 Å². The molecule has 0 radical (unpaired) electrons. The van der Waals surface area contributed by atoms with Gasteiger partial charge in [-0.05, 0) is 122 Å².